The van der Waals surface area contributed by atoms with Gasteiger partial charge in [-0.05, 0) is 50.3 Å². The Labute approximate surface area is 212 Å². The maximum atomic E-state index is 15.2. The lowest BCUT2D eigenvalue weighted by Crippen LogP contribution is -2.33. The van der Waals surface area contributed by atoms with Gasteiger partial charge in [0.15, 0.2) is 10.8 Å². The zero-order valence-electron chi connectivity index (χ0n) is 20.2. The van der Waals surface area contributed by atoms with Crippen LogP contribution in [-0.2, 0) is 4.74 Å². The predicted octanol–water partition coefficient (Wildman–Crippen LogP) is 6.36. The van der Waals surface area contributed by atoms with Gasteiger partial charge in [-0.25, -0.2) is 13.5 Å². The summed E-state index contributed by atoms with van der Waals surface area (Å²) in [4.78, 5) is 6.86. The predicted molar refractivity (Wildman–Crippen MR) is 136 cm³/mol. The fraction of sp³-hybridized carbons (Fsp3) is 0.462. The van der Waals surface area contributed by atoms with Crippen LogP contribution in [0, 0.1) is 11.6 Å². The molecule has 0 N–H and O–H groups in total. The zero-order chi connectivity index (χ0) is 24.6. The largest absolute Gasteiger partial charge is 0.357 e. The topological polar surface area (TPSA) is 69.0 Å². The van der Waals surface area contributed by atoms with Crippen molar-refractivity contribution in [3.63, 3.8) is 0 Å². The first-order valence-corrected chi connectivity index (χ1v) is 13.4. The fourth-order valence-electron chi connectivity index (χ4n) is 5.17. The summed E-state index contributed by atoms with van der Waals surface area (Å²) in [6.45, 7) is 0.682. The van der Waals surface area contributed by atoms with E-state index in [0.29, 0.717) is 23.9 Å². The highest BCUT2D eigenvalue weighted by Gasteiger charge is 2.23. The van der Waals surface area contributed by atoms with E-state index < -0.39 is 11.6 Å². The molecular formula is C26H28F2N6OS. The minimum absolute atomic E-state index is 0.0734. The third kappa shape index (κ3) is 4.48. The van der Waals surface area contributed by atoms with E-state index >= 15 is 8.78 Å². The Kier molecular flexibility index (Phi) is 6.39. The summed E-state index contributed by atoms with van der Waals surface area (Å²) in [5, 5.41) is 13.6. The van der Waals surface area contributed by atoms with Crippen LogP contribution in [0.3, 0.4) is 0 Å². The van der Waals surface area contributed by atoms with Crippen molar-refractivity contribution in [3.8, 4) is 22.4 Å². The van der Waals surface area contributed by atoms with Crippen LogP contribution < -0.4 is 4.90 Å². The molecule has 1 aliphatic carbocycles. The summed E-state index contributed by atoms with van der Waals surface area (Å²) in [6.07, 6.45) is 12.1. The Bertz CT molecular complexity index is 1380. The smallest absolute Gasteiger partial charge is 0.194 e. The quantitative estimate of drug-likeness (QED) is 0.311. The van der Waals surface area contributed by atoms with Gasteiger partial charge in [0.05, 0.1) is 16.6 Å². The Balaban J connectivity index is 1.27. The second-order valence-corrected chi connectivity index (χ2v) is 10.7. The summed E-state index contributed by atoms with van der Waals surface area (Å²) in [6, 6.07) is 4.60. The number of hydrogen-bond donors (Lipinski definition) is 0. The van der Waals surface area contributed by atoms with Gasteiger partial charge in [-0.2, -0.15) is 10.1 Å². The summed E-state index contributed by atoms with van der Waals surface area (Å²) < 4.78 is 38.6. The molecule has 36 heavy (non-hydrogen) atoms. The maximum Gasteiger partial charge on any atom is 0.194 e. The molecule has 0 spiro atoms. The lowest BCUT2D eigenvalue weighted by atomic mass is 9.95. The third-order valence-electron chi connectivity index (χ3n) is 7.26. The van der Waals surface area contributed by atoms with E-state index in [2.05, 4.69) is 32.2 Å². The van der Waals surface area contributed by atoms with E-state index in [0.717, 1.165) is 41.9 Å². The van der Waals surface area contributed by atoms with E-state index in [-0.39, 0.29) is 23.0 Å². The van der Waals surface area contributed by atoms with Crippen LogP contribution >= 0.6 is 11.3 Å². The molecule has 0 radical (unpaired) electrons. The minimum atomic E-state index is -0.564. The van der Waals surface area contributed by atoms with E-state index in [1.54, 1.807) is 23.1 Å². The number of rotatable bonds is 5. The van der Waals surface area contributed by atoms with E-state index in [4.69, 9.17) is 4.74 Å². The highest BCUT2D eigenvalue weighted by Crippen LogP contribution is 2.35. The number of aromatic nitrogens is 5. The van der Waals surface area contributed by atoms with Gasteiger partial charge in [0.25, 0.3) is 0 Å². The number of anilines is 1. The van der Waals surface area contributed by atoms with Gasteiger partial charge in [-0.15, -0.1) is 10.2 Å². The fourth-order valence-corrected chi connectivity index (χ4v) is 6.14. The van der Waals surface area contributed by atoms with Gasteiger partial charge in [-0.1, -0.05) is 30.6 Å². The van der Waals surface area contributed by atoms with Crippen molar-refractivity contribution in [1.82, 2.24) is 25.0 Å². The lowest BCUT2D eigenvalue weighted by molar-refractivity contribution is -0.0394. The lowest BCUT2D eigenvalue weighted by Gasteiger charge is -2.30. The molecule has 3 aromatic heterocycles. The van der Waals surface area contributed by atoms with Crippen molar-refractivity contribution in [2.24, 2.45) is 0 Å². The average Bonchev–Trinajstić information content (AvgIpc) is 3.58. The molecule has 10 heteroatoms. The van der Waals surface area contributed by atoms with E-state index in [9.17, 15) is 0 Å². The minimum Gasteiger partial charge on any atom is -0.357 e. The van der Waals surface area contributed by atoms with Crippen molar-refractivity contribution >= 4 is 26.8 Å². The first kappa shape index (κ1) is 23.4. The van der Waals surface area contributed by atoms with Crippen LogP contribution in [0.4, 0.5) is 13.9 Å². The first-order chi connectivity index (χ1) is 17.6. The number of nitrogens with zero attached hydrogens (tertiary/aromatic N) is 6. The number of hydrogen-bond acceptors (Lipinski definition) is 7. The second-order valence-electron chi connectivity index (χ2n) is 9.66. The molecule has 4 aromatic rings. The molecular weight excluding hydrogens is 482 g/mol. The van der Waals surface area contributed by atoms with Gasteiger partial charge in [0, 0.05) is 42.6 Å². The Hall–Kier alpha value is -2.98. The molecule has 188 valence electrons. The standard InChI is InChI=1S/C26H28F2N6OS/c1-33(17-7-3-2-4-8-17)26-30-25-23(36-26)13-22(31-32-25)19-12-20(27)18(11-21(19)28)16-14-29-34(15-16)24-9-5-6-10-35-24/h11-15,17,24H,2-10H2,1H3. The van der Waals surface area contributed by atoms with E-state index in [1.165, 1.54) is 42.7 Å². The summed E-state index contributed by atoms with van der Waals surface area (Å²) in [5.41, 5.74) is 1.54. The monoisotopic (exact) mass is 510 g/mol. The molecule has 7 nitrogen and oxygen atoms in total. The normalized spacial score (nSPS) is 19.1. The highest BCUT2D eigenvalue weighted by atomic mass is 32.1. The van der Waals surface area contributed by atoms with Gasteiger partial charge < -0.3 is 9.64 Å². The van der Waals surface area contributed by atoms with Crippen LogP contribution in [0.5, 0.6) is 0 Å². The molecule has 6 rings (SSSR count). The number of halogens is 2. The van der Waals surface area contributed by atoms with Crippen LogP contribution in [0.1, 0.15) is 57.6 Å². The van der Waals surface area contributed by atoms with Gasteiger partial charge in [0.1, 0.15) is 17.9 Å². The molecule has 1 saturated heterocycles. The van der Waals surface area contributed by atoms with Gasteiger partial charge in [-0.3, -0.25) is 0 Å². The van der Waals surface area contributed by atoms with Gasteiger partial charge in [0.2, 0.25) is 0 Å². The molecule has 1 aliphatic heterocycles. The Morgan fingerprint density at radius 3 is 2.56 bits per heavy atom. The van der Waals surface area contributed by atoms with Crippen molar-refractivity contribution in [2.45, 2.75) is 63.6 Å². The Morgan fingerprint density at radius 1 is 0.972 bits per heavy atom. The SMILES string of the molecule is CN(c1nc2nnc(-c3cc(F)c(-c4cnn(C5CCCCO5)c4)cc3F)cc2s1)C1CCCCC1. The molecule has 2 aliphatic rings. The summed E-state index contributed by atoms with van der Waals surface area (Å²) >= 11 is 1.51. The second kappa shape index (κ2) is 9.82. The van der Waals surface area contributed by atoms with Crippen LogP contribution in [-0.4, -0.2) is 44.7 Å². The third-order valence-corrected chi connectivity index (χ3v) is 8.35. The zero-order valence-corrected chi connectivity index (χ0v) is 21.0. The van der Waals surface area contributed by atoms with E-state index in [1.807, 2.05) is 0 Å². The average molecular weight is 511 g/mol. The maximum absolute atomic E-state index is 15.2. The first-order valence-electron chi connectivity index (χ1n) is 12.6. The summed E-state index contributed by atoms with van der Waals surface area (Å²) in [7, 11) is 2.07. The molecule has 1 saturated carbocycles. The van der Waals surface area contributed by atoms with Crippen molar-refractivity contribution in [2.75, 3.05) is 18.6 Å². The molecule has 1 unspecified atom stereocenters. The molecule has 0 bridgehead atoms. The number of benzene rings is 1. The number of thiazole rings is 1. The van der Waals surface area contributed by atoms with Crippen molar-refractivity contribution in [1.29, 1.82) is 0 Å². The molecule has 0 amide bonds. The Morgan fingerprint density at radius 2 is 1.75 bits per heavy atom. The molecule has 1 aromatic carbocycles. The summed E-state index contributed by atoms with van der Waals surface area (Å²) in [5.74, 6) is -1.11. The molecule has 1 atom stereocenters. The van der Waals surface area contributed by atoms with Gasteiger partial charge >= 0.3 is 0 Å². The highest BCUT2D eigenvalue weighted by molar-refractivity contribution is 7.22. The number of ether oxygens (including phenoxy) is 1. The number of fused-ring (bicyclic) bond motifs is 1. The van der Waals surface area contributed by atoms with Crippen molar-refractivity contribution < 1.29 is 13.5 Å². The molecule has 4 heterocycles. The van der Waals surface area contributed by atoms with Crippen LogP contribution in [0.2, 0.25) is 0 Å². The van der Waals surface area contributed by atoms with Crippen LogP contribution in [0.15, 0.2) is 30.6 Å². The molecule has 2 fully saturated rings. The van der Waals surface area contributed by atoms with Crippen LogP contribution in [0.25, 0.3) is 32.7 Å². The van der Waals surface area contributed by atoms with Crippen molar-refractivity contribution in [3.05, 3.63) is 42.2 Å².